The van der Waals surface area contributed by atoms with Crippen LogP contribution in [0.5, 0.6) is 0 Å². The molecule has 78 valence electrons. The molecule has 0 bridgehead atoms. The van der Waals surface area contributed by atoms with Crippen LogP contribution in [-0.2, 0) is 0 Å². The molecule has 0 aliphatic heterocycles. The highest BCUT2D eigenvalue weighted by Crippen LogP contribution is 2.31. The quantitative estimate of drug-likeness (QED) is 0.477. The van der Waals surface area contributed by atoms with Crippen LogP contribution >= 0.6 is 0 Å². The molecule has 0 unspecified atom stereocenters. The van der Waals surface area contributed by atoms with Crippen molar-refractivity contribution in [3.05, 3.63) is 59.7 Å². The molecule has 0 spiro atoms. The van der Waals surface area contributed by atoms with Crippen molar-refractivity contribution in [2.24, 2.45) is 0 Å². The van der Waals surface area contributed by atoms with Gasteiger partial charge in [0.25, 0.3) is 0 Å². The number of hydrogen-bond donors (Lipinski definition) is 0. The molecule has 0 aliphatic carbocycles. The van der Waals surface area contributed by atoms with Crippen LogP contribution in [0.25, 0.3) is 21.5 Å². The lowest BCUT2D eigenvalue weighted by Gasteiger charge is -2.11. The summed E-state index contributed by atoms with van der Waals surface area (Å²) >= 11 is 0. The molecule has 0 saturated heterocycles. The summed E-state index contributed by atoms with van der Waals surface area (Å²) in [5, 5.41) is 2.48. The van der Waals surface area contributed by atoms with Crippen molar-refractivity contribution in [2.45, 2.75) is 13.7 Å². The standard InChI is InChI=1S/C16H14/c1-11-12(2)14-8-4-6-10-16(14)15-9-5-3-7-13(11)15/h3-10H,1-2H3/i1D3,2D3. The van der Waals surface area contributed by atoms with Crippen LogP contribution in [0.1, 0.15) is 19.4 Å². The fraction of sp³-hybridized carbons (Fsp3) is 0.125. The van der Waals surface area contributed by atoms with E-state index >= 15 is 0 Å². The van der Waals surface area contributed by atoms with Gasteiger partial charge in [0.15, 0.2) is 0 Å². The topological polar surface area (TPSA) is 0 Å². The van der Waals surface area contributed by atoms with E-state index in [0.29, 0.717) is 10.8 Å². The van der Waals surface area contributed by atoms with Crippen molar-refractivity contribution in [3.63, 3.8) is 0 Å². The van der Waals surface area contributed by atoms with Crippen molar-refractivity contribution in [2.75, 3.05) is 0 Å². The highest BCUT2D eigenvalue weighted by Gasteiger charge is 2.06. The summed E-state index contributed by atoms with van der Waals surface area (Å²) in [5.74, 6) is 0. The molecular formula is C16H14. The van der Waals surface area contributed by atoms with E-state index in [-0.39, 0.29) is 11.1 Å². The summed E-state index contributed by atoms with van der Waals surface area (Å²) in [6, 6.07) is 14.1. The van der Waals surface area contributed by atoms with E-state index in [2.05, 4.69) is 0 Å². The Balaban J connectivity index is 2.68. The maximum Gasteiger partial charge on any atom is 0.0280 e. The monoisotopic (exact) mass is 212 g/mol. The van der Waals surface area contributed by atoms with E-state index in [1.54, 1.807) is 24.3 Å². The SMILES string of the molecule is [2H]C([2H])([2H])c1c(C([2H])([2H])[2H])c2ccccc2c2ccccc12. The van der Waals surface area contributed by atoms with Crippen molar-refractivity contribution in [1.82, 2.24) is 0 Å². The third kappa shape index (κ3) is 1.16. The third-order valence-corrected chi connectivity index (χ3v) is 2.93. The minimum absolute atomic E-state index is 0.0678. The highest BCUT2D eigenvalue weighted by molar-refractivity contribution is 6.10. The van der Waals surface area contributed by atoms with Crippen LogP contribution < -0.4 is 0 Å². The molecule has 0 fully saturated rings. The van der Waals surface area contributed by atoms with Crippen LogP contribution in [-0.4, -0.2) is 0 Å². The van der Waals surface area contributed by atoms with Gasteiger partial charge in [-0.25, -0.2) is 0 Å². The fourth-order valence-corrected chi connectivity index (χ4v) is 2.14. The lowest BCUT2D eigenvalue weighted by atomic mass is 9.93. The molecule has 0 nitrogen and oxygen atoms in total. The van der Waals surface area contributed by atoms with E-state index in [1.807, 2.05) is 24.3 Å². The van der Waals surface area contributed by atoms with Crippen LogP contribution in [0.2, 0.25) is 0 Å². The second-order valence-corrected chi connectivity index (χ2v) is 3.84. The van der Waals surface area contributed by atoms with Gasteiger partial charge in [-0.15, -0.1) is 0 Å². The van der Waals surface area contributed by atoms with E-state index in [0.717, 1.165) is 10.8 Å². The zero-order chi connectivity index (χ0) is 16.1. The Bertz CT molecular complexity index is 785. The molecule has 0 radical (unpaired) electrons. The first-order valence-electron chi connectivity index (χ1n) is 8.15. The lowest BCUT2D eigenvalue weighted by molar-refractivity contribution is 1.41. The summed E-state index contributed by atoms with van der Waals surface area (Å²) < 4.78 is 47.0. The average Bonchev–Trinajstić information content (AvgIpc) is 2.43. The predicted molar refractivity (Wildman–Crippen MR) is 70.9 cm³/mol. The summed E-state index contributed by atoms with van der Waals surface area (Å²) in [5.41, 5.74) is -0.136. The molecular weight excluding hydrogens is 192 g/mol. The number of rotatable bonds is 0. The summed E-state index contributed by atoms with van der Waals surface area (Å²) in [7, 11) is 0. The van der Waals surface area contributed by atoms with Gasteiger partial charge in [-0.3, -0.25) is 0 Å². The minimum Gasteiger partial charge on any atom is -0.0616 e. The first-order valence-corrected chi connectivity index (χ1v) is 5.15. The first-order chi connectivity index (χ1) is 10.2. The Morgan fingerprint density at radius 1 is 0.625 bits per heavy atom. The predicted octanol–water partition coefficient (Wildman–Crippen LogP) is 4.61. The Kier molecular flexibility index (Phi) is 1.05. The van der Waals surface area contributed by atoms with Gasteiger partial charge in [0, 0.05) is 8.22 Å². The molecule has 0 amide bonds. The van der Waals surface area contributed by atoms with Gasteiger partial charge in [-0.2, -0.15) is 0 Å². The maximum absolute atomic E-state index is 7.83. The van der Waals surface area contributed by atoms with E-state index in [9.17, 15) is 0 Å². The van der Waals surface area contributed by atoms with Crippen molar-refractivity contribution < 1.29 is 8.22 Å². The molecule has 0 saturated carbocycles. The average molecular weight is 212 g/mol. The van der Waals surface area contributed by atoms with Crippen LogP contribution in [0, 0.1) is 13.7 Å². The Morgan fingerprint density at radius 2 is 1.00 bits per heavy atom. The summed E-state index contributed by atoms with van der Waals surface area (Å²) in [6.07, 6.45) is 0. The van der Waals surface area contributed by atoms with Crippen molar-refractivity contribution in [1.29, 1.82) is 0 Å². The normalized spacial score (nSPS) is 18.2. The molecule has 3 aromatic carbocycles. The Morgan fingerprint density at radius 3 is 1.38 bits per heavy atom. The van der Waals surface area contributed by atoms with Gasteiger partial charge in [-0.1, -0.05) is 48.5 Å². The molecule has 0 aliphatic rings. The largest absolute Gasteiger partial charge is 0.0616 e. The van der Waals surface area contributed by atoms with Crippen LogP contribution in [0.15, 0.2) is 48.5 Å². The van der Waals surface area contributed by atoms with E-state index < -0.39 is 13.7 Å². The Labute approximate surface area is 104 Å². The second kappa shape index (κ2) is 3.34. The van der Waals surface area contributed by atoms with Gasteiger partial charge >= 0.3 is 0 Å². The van der Waals surface area contributed by atoms with Gasteiger partial charge < -0.3 is 0 Å². The number of fused-ring (bicyclic) bond motifs is 3. The van der Waals surface area contributed by atoms with E-state index in [4.69, 9.17) is 8.22 Å². The molecule has 0 heteroatoms. The Hall–Kier alpha value is -1.82. The molecule has 0 N–H and O–H groups in total. The molecule has 16 heavy (non-hydrogen) atoms. The van der Waals surface area contributed by atoms with Gasteiger partial charge in [0.2, 0.25) is 0 Å². The zero-order valence-corrected chi connectivity index (χ0v) is 8.62. The van der Waals surface area contributed by atoms with Crippen LogP contribution in [0.4, 0.5) is 0 Å². The fourth-order valence-electron chi connectivity index (χ4n) is 2.14. The third-order valence-electron chi connectivity index (χ3n) is 2.93. The van der Waals surface area contributed by atoms with Gasteiger partial charge in [-0.05, 0) is 46.4 Å². The van der Waals surface area contributed by atoms with Crippen molar-refractivity contribution >= 4 is 21.5 Å². The maximum atomic E-state index is 7.83. The lowest BCUT2D eigenvalue weighted by Crippen LogP contribution is -1.87. The second-order valence-electron chi connectivity index (χ2n) is 3.84. The van der Waals surface area contributed by atoms with E-state index in [1.165, 1.54) is 0 Å². The smallest absolute Gasteiger partial charge is 0.0280 e. The highest BCUT2D eigenvalue weighted by atomic mass is 14.1. The number of aryl methyl sites for hydroxylation is 2. The van der Waals surface area contributed by atoms with Gasteiger partial charge in [0.05, 0.1) is 0 Å². The molecule has 3 aromatic rings. The first kappa shape index (κ1) is 5.01. The summed E-state index contributed by atoms with van der Waals surface area (Å²) in [6.45, 7) is -4.99. The van der Waals surface area contributed by atoms with Gasteiger partial charge in [0.1, 0.15) is 0 Å². The van der Waals surface area contributed by atoms with Crippen molar-refractivity contribution in [3.8, 4) is 0 Å². The minimum atomic E-state index is -2.49. The molecule has 0 atom stereocenters. The number of benzene rings is 3. The summed E-state index contributed by atoms with van der Waals surface area (Å²) in [4.78, 5) is 0. The van der Waals surface area contributed by atoms with Crippen LogP contribution in [0.3, 0.4) is 0 Å². The molecule has 0 aromatic heterocycles. The zero-order valence-electron chi connectivity index (χ0n) is 14.6. The molecule has 3 rings (SSSR count). The number of hydrogen-bond acceptors (Lipinski definition) is 0. The molecule has 0 heterocycles.